The Morgan fingerprint density at radius 2 is 1.85 bits per heavy atom. The van der Waals surface area contributed by atoms with Crippen LogP contribution in [0.4, 0.5) is 14.5 Å². The molecule has 1 fully saturated rings. The molecule has 1 aliphatic heterocycles. The molecule has 1 unspecified atom stereocenters. The van der Waals surface area contributed by atoms with E-state index in [2.05, 4.69) is 43.3 Å². The summed E-state index contributed by atoms with van der Waals surface area (Å²) in [5.74, 6) is -0.448. The van der Waals surface area contributed by atoms with Crippen LogP contribution in [0.1, 0.15) is 38.1 Å². The summed E-state index contributed by atoms with van der Waals surface area (Å²) in [4.78, 5) is 14.8. The molecule has 0 radical (unpaired) electrons. The monoisotopic (exact) mass is 535 g/mol. The van der Waals surface area contributed by atoms with Crippen molar-refractivity contribution in [1.82, 2.24) is 19.7 Å². The van der Waals surface area contributed by atoms with Gasteiger partial charge in [0.25, 0.3) is 0 Å². The molecule has 1 aliphatic rings. The summed E-state index contributed by atoms with van der Waals surface area (Å²) in [6.07, 6.45) is 3.51. The summed E-state index contributed by atoms with van der Waals surface area (Å²) >= 11 is 4.40. The van der Waals surface area contributed by atoms with Gasteiger partial charge in [0.1, 0.15) is 11.6 Å². The van der Waals surface area contributed by atoms with Gasteiger partial charge in [-0.05, 0) is 75.3 Å². The predicted octanol–water partition coefficient (Wildman–Crippen LogP) is 5.59. The third-order valence-electron chi connectivity index (χ3n) is 5.59. The number of nitrogens with one attached hydrogen (secondary N) is 1. The Morgan fingerprint density at radius 3 is 2.55 bits per heavy atom. The second kappa shape index (κ2) is 10.8. The molecule has 3 aromatic rings. The van der Waals surface area contributed by atoms with Crippen molar-refractivity contribution in [2.24, 2.45) is 0 Å². The highest BCUT2D eigenvalue weighted by molar-refractivity contribution is 9.10. The Kier molecular flexibility index (Phi) is 7.77. The van der Waals surface area contributed by atoms with Gasteiger partial charge in [0.2, 0.25) is 5.91 Å². The Labute approximate surface area is 203 Å². The van der Waals surface area contributed by atoms with Gasteiger partial charge < -0.3 is 5.32 Å². The van der Waals surface area contributed by atoms with Crippen LogP contribution < -0.4 is 5.32 Å². The summed E-state index contributed by atoms with van der Waals surface area (Å²) < 4.78 is 30.1. The number of thioether (sulfide) groups is 1. The summed E-state index contributed by atoms with van der Waals surface area (Å²) in [7, 11) is 0. The van der Waals surface area contributed by atoms with Crippen LogP contribution in [0.25, 0.3) is 5.69 Å². The number of likely N-dealkylation sites (tertiary alicyclic amines) is 1. The summed E-state index contributed by atoms with van der Waals surface area (Å²) in [6.45, 7) is 4.06. The summed E-state index contributed by atoms with van der Waals surface area (Å²) in [5, 5.41) is 11.9. The van der Waals surface area contributed by atoms with Crippen molar-refractivity contribution >= 4 is 39.3 Å². The first-order chi connectivity index (χ1) is 15.9. The van der Waals surface area contributed by atoms with Gasteiger partial charge in [-0.1, -0.05) is 34.1 Å². The molecule has 10 heteroatoms. The van der Waals surface area contributed by atoms with Crippen molar-refractivity contribution < 1.29 is 13.6 Å². The SMILES string of the molecule is CC(c1nnc(SCC(=O)Nc2ccc(Br)cc2F)n1-c1ccc(F)cc1)N1CCCCC1. The van der Waals surface area contributed by atoms with Crippen molar-refractivity contribution in [3.8, 4) is 5.69 Å². The molecule has 1 atom stereocenters. The Hall–Kier alpha value is -2.30. The summed E-state index contributed by atoms with van der Waals surface area (Å²) in [6, 6.07) is 10.6. The smallest absolute Gasteiger partial charge is 0.234 e. The number of piperidine rings is 1. The fourth-order valence-electron chi connectivity index (χ4n) is 3.85. The van der Waals surface area contributed by atoms with Gasteiger partial charge in [0.15, 0.2) is 11.0 Å². The molecule has 4 rings (SSSR count). The van der Waals surface area contributed by atoms with Crippen LogP contribution >= 0.6 is 27.7 Å². The zero-order valence-corrected chi connectivity index (χ0v) is 20.5. The molecule has 174 valence electrons. The maximum Gasteiger partial charge on any atom is 0.234 e. The number of amides is 1. The topological polar surface area (TPSA) is 63.1 Å². The number of anilines is 1. The highest BCUT2D eigenvalue weighted by Gasteiger charge is 2.26. The standard InChI is InChI=1S/C23H24BrF2N5OS/c1-15(30-11-3-2-4-12-30)22-28-29-23(31(22)18-8-6-17(25)7-9-18)33-14-21(32)27-20-10-5-16(24)13-19(20)26/h5-10,13,15H,2-4,11-12,14H2,1H3,(H,27,32). The van der Waals surface area contributed by atoms with Crippen molar-refractivity contribution in [3.63, 3.8) is 0 Å². The molecular weight excluding hydrogens is 512 g/mol. The van der Waals surface area contributed by atoms with E-state index in [9.17, 15) is 13.6 Å². The second-order valence-corrected chi connectivity index (χ2v) is 9.74. The van der Waals surface area contributed by atoms with Crippen LogP contribution in [0.3, 0.4) is 0 Å². The number of nitrogens with zero attached hydrogens (tertiary/aromatic N) is 4. The van der Waals surface area contributed by atoms with E-state index >= 15 is 0 Å². The van der Waals surface area contributed by atoms with E-state index in [0.29, 0.717) is 9.63 Å². The first-order valence-corrected chi connectivity index (χ1v) is 12.5. The zero-order valence-electron chi connectivity index (χ0n) is 18.1. The number of carbonyl (C=O) groups is 1. The highest BCUT2D eigenvalue weighted by Crippen LogP contribution is 2.29. The number of halogens is 3. The lowest BCUT2D eigenvalue weighted by Crippen LogP contribution is -2.33. The van der Waals surface area contributed by atoms with Crippen molar-refractivity contribution in [2.75, 3.05) is 24.2 Å². The van der Waals surface area contributed by atoms with Crippen LogP contribution in [0, 0.1) is 11.6 Å². The van der Waals surface area contributed by atoms with Crippen LogP contribution in [0.15, 0.2) is 52.1 Å². The van der Waals surface area contributed by atoms with Gasteiger partial charge in [-0.25, -0.2) is 8.78 Å². The van der Waals surface area contributed by atoms with E-state index in [-0.39, 0.29) is 29.2 Å². The molecule has 0 aliphatic carbocycles. The number of rotatable bonds is 7. The molecule has 1 N–H and O–H groups in total. The van der Waals surface area contributed by atoms with Crippen LogP contribution in [0.2, 0.25) is 0 Å². The van der Waals surface area contributed by atoms with Crippen LogP contribution in [-0.2, 0) is 4.79 Å². The molecular formula is C23H24BrF2N5OS. The maximum absolute atomic E-state index is 14.0. The molecule has 0 bridgehead atoms. The first-order valence-electron chi connectivity index (χ1n) is 10.8. The average molecular weight is 536 g/mol. The minimum atomic E-state index is -0.519. The van der Waals surface area contributed by atoms with Gasteiger partial charge in [0, 0.05) is 10.2 Å². The van der Waals surface area contributed by atoms with Crippen LogP contribution in [0.5, 0.6) is 0 Å². The lowest BCUT2D eigenvalue weighted by Gasteiger charge is -2.31. The maximum atomic E-state index is 14.0. The van der Waals surface area contributed by atoms with E-state index in [1.165, 1.54) is 42.4 Å². The van der Waals surface area contributed by atoms with E-state index < -0.39 is 5.82 Å². The van der Waals surface area contributed by atoms with Gasteiger partial charge in [-0.2, -0.15) is 0 Å². The summed E-state index contributed by atoms with van der Waals surface area (Å²) in [5.41, 5.74) is 0.838. The fraction of sp³-hybridized carbons (Fsp3) is 0.348. The average Bonchev–Trinajstić information content (AvgIpc) is 3.24. The second-order valence-electron chi connectivity index (χ2n) is 7.89. The third-order valence-corrected chi connectivity index (χ3v) is 7.02. The van der Waals surface area contributed by atoms with Crippen molar-refractivity contribution in [2.45, 2.75) is 37.4 Å². The Balaban J connectivity index is 1.55. The van der Waals surface area contributed by atoms with E-state index in [1.807, 2.05) is 4.57 Å². The van der Waals surface area contributed by atoms with Gasteiger partial charge in [-0.3, -0.25) is 14.3 Å². The Bertz CT molecular complexity index is 1120. The zero-order chi connectivity index (χ0) is 23.4. The molecule has 2 aromatic carbocycles. The largest absolute Gasteiger partial charge is 0.323 e. The number of carbonyl (C=O) groups excluding carboxylic acids is 1. The van der Waals surface area contributed by atoms with Crippen LogP contribution in [-0.4, -0.2) is 44.4 Å². The van der Waals surface area contributed by atoms with Crippen molar-refractivity contribution in [1.29, 1.82) is 0 Å². The van der Waals surface area contributed by atoms with Gasteiger partial charge in [-0.15, -0.1) is 10.2 Å². The van der Waals surface area contributed by atoms with Crippen molar-refractivity contribution in [3.05, 3.63) is 64.4 Å². The predicted molar refractivity (Wildman–Crippen MR) is 129 cm³/mol. The normalized spacial score (nSPS) is 15.4. The van der Waals surface area contributed by atoms with E-state index in [0.717, 1.165) is 37.4 Å². The number of hydrogen-bond donors (Lipinski definition) is 1. The Morgan fingerprint density at radius 1 is 1.12 bits per heavy atom. The highest BCUT2D eigenvalue weighted by atomic mass is 79.9. The van der Waals surface area contributed by atoms with Gasteiger partial charge >= 0.3 is 0 Å². The molecule has 1 aromatic heterocycles. The molecule has 6 nitrogen and oxygen atoms in total. The lowest BCUT2D eigenvalue weighted by atomic mass is 10.1. The minimum Gasteiger partial charge on any atom is -0.323 e. The van der Waals surface area contributed by atoms with E-state index in [1.54, 1.807) is 18.2 Å². The molecule has 33 heavy (non-hydrogen) atoms. The van der Waals surface area contributed by atoms with E-state index in [4.69, 9.17) is 0 Å². The molecule has 2 heterocycles. The number of benzene rings is 2. The molecule has 0 spiro atoms. The third kappa shape index (κ3) is 5.80. The molecule has 1 amide bonds. The minimum absolute atomic E-state index is 0.0166. The quantitative estimate of drug-likeness (QED) is 0.400. The molecule has 0 saturated carbocycles. The lowest BCUT2D eigenvalue weighted by molar-refractivity contribution is -0.113. The fourth-order valence-corrected chi connectivity index (χ4v) is 4.95. The number of aromatic nitrogens is 3. The first kappa shape index (κ1) is 23.8. The van der Waals surface area contributed by atoms with Gasteiger partial charge in [0.05, 0.1) is 17.5 Å². The number of hydrogen-bond acceptors (Lipinski definition) is 5. The molecule has 1 saturated heterocycles.